The molecule has 2 N–H and O–H groups in total. The second kappa shape index (κ2) is 12.9. The van der Waals surface area contributed by atoms with Crippen molar-refractivity contribution in [3.8, 4) is 11.5 Å². The quantitative estimate of drug-likeness (QED) is 0.175. The summed E-state index contributed by atoms with van der Waals surface area (Å²) in [6.07, 6.45) is 1.51. The number of nitrogens with one attached hydrogen (secondary N) is 2. The average Bonchev–Trinajstić information content (AvgIpc) is 3.34. The zero-order valence-electron chi connectivity index (χ0n) is 20.1. The average molecular weight is 516 g/mol. The number of amides is 2. The van der Waals surface area contributed by atoms with Crippen molar-refractivity contribution >= 4 is 34.5 Å². The molecule has 0 fully saturated rings. The van der Waals surface area contributed by atoms with Crippen molar-refractivity contribution in [3.05, 3.63) is 101 Å². The van der Waals surface area contributed by atoms with Crippen LogP contribution in [-0.4, -0.2) is 41.4 Å². The largest absolute Gasteiger partial charge is 0.490 e. The number of rotatable bonds is 11. The molecule has 0 radical (unpaired) electrons. The van der Waals surface area contributed by atoms with Crippen molar-refractivity contribution in [2.75, 3.05) is 18.5 Å². The summed E-state index contributed by atoms with van der Waals surface area (Å²) in [5.74, 6) is 0.834. The number of aryl methyl sites for hydroxylation is 1. The molecule has 3 aromatic carbocycles. The molecular weight excluding hydrogens is 490 g/mol. The molecule has 0 aliphatic rings. The Morgan fingerprint density at radius 2 is 1.65 bits per heavy atom. The standard InChI is InChI=1S/C27H25N5O4S/c1-19-7-5-11-22(15-19)35-13-14-36-23-12-6-8-20(16-23)18-28-30-24(33)17-25-31-32-27(37-25)29-26(34)21-9-3-2-4-10-21/h2-12,15-16,18H,13-14,17H2,1H3,(H,30,33)(H,29,32,34). The highest BCUT2D eigenvalue weighted by Gasteiger charge is 2.12. The van der Waals surface area contributed by atoms with Gasteiger partial charge in [-0.05, 0) is 54.4 Å². The van der Waals surface area contributed by atoms with E-state index >= 15 is 0 Å². The highest BCUT2D eigenvalue weighted by molar-refractivity contribution is 7.15. The van der Waals surface area contributed by atoms with Crippen LogP contribution in [0, 0.1) is 6.92 Å². The maximum absolute atomic E-state index is 12.2. The third-order valence-electron chi connectivity index (χ3n) is 4.91. The fraction of sp³-hybridized carbons (Fsp3) is 0.148. The molecule has 1 aromatic heterocycles. The first-order chi connectivity index (χ1) is 18.0. The van der Waals surface area contributed by atoms with Gasteiger partial charge in [-0.1, -0.05) is 53.8 Å². The topological polar surface area (TPSA) is 115 Å². The molecule has 0 atom stereocenters. The summed E-state index contributed by atoms with van der Waals surface area (Å²) in [7, 11) is 0. The van der Waals surface area contributed by atoms with E-state index in [0.717, 1.165) is 28.2 Å². The number of hydrazone groups is 1. The van der Waals surface area contributed by atoms with E-state index in [0.29, 0.717) is 34.7 Å². The Morgan fingerprint density at radius 3 is 2.41 bits per heavy atom. The van der Waals surface area contributed by atoms with Gasteiger partial charge in [-0.3, -0.25) is 14.9 Å². The van der Waals surface area contributed by atoms with Crippen LogP contribution in [0.1, 0.15) is 26.5 Å². The van der Waals surface area contributed by atoms with Crippen LogP contribution < -0.4 is 20.2 Å². The predicted octanol–water partition coefficient (Wildman–Crippen LogP) is 4.25. The first-order valence-electron chi connectivity index (χ1n) is 11.5. The zero-order chi connectivity index (χ0) is 25.9. The van der Waals surface area contributed by atoms with Crippen molar-refractivity contribution in [1.29, 1.82) is 0 Å². The maximum atomic E-state index is 12.2. The van der Waals surface area contributed by atoms with Gasteiger partial charge in [-0.15, -0.1) is 10.2 Å². The van der Waals surface area contributed by atoms with Crippen LogP contribution in [0.5, 0.6) is 11.5 Å². The molecule has 4 rings (SSSR count). The van der Waals surface area contributed by atoms with Gasteiger partial charge >= 0.3 is 0 Å². The highest BCUT2D eigenvalue weighted by Crippen LogP contribution is 2.17. The van der Waals surface area contributed by atoms with Gasteiger partial charge in [0.15, 0.2) is 0 Å². The number of benzene rings is 3. The number of ether oxygens (including phenoxy) is 2. The second-order valence-electron chi connectivity index (χ2n) is 7.88. The molecule has 0 unspecified atom stereocenters. The van der Waals surface area contributed by atoms with Crippen molar-refractivity contribution in [2.45, 2.75) is 13.3 Å². The van der Waals surface area contributed by atoms with Crippen LogP contribution in [-0.2, 0) is 11.2 Å². The van der Waals surface area contributed by atoms with E-state index in [1.807, 2.05) is 61.5 Å². The molecule has 10 heteroatoms. The lowest BCUT2D eigenvalue weighted by Gasteiger charge is -2.09. The summed E-state index contributed by atoms with van der Waals surface area (Å²) in [5, 5.41) is 15.3. The molecule has 0 spiro atoms. The smallest absolute Gasteiger partial charge is 0.257 e. The summed E-state index contributed by atoms with van der Waals surface area (Å²) in [4.78, 5) is 24.4. The second-order valence-corrected chi connectivity index (χ2v) is 8.94. The minimum atomic E-state index is -0.353. The van der Waals surface area contributed by atoms with Gasteiger partial charge in [0.25, 0.3) is 5.91 Å². The van der Waals surface area contributed by atoms with E-state index in [1.54, 1.807) is 24.3 Å². The Hall–Kier alpha value is -4.57. The van der Waals surface area contributed by atoms with Crippen molar-refractivity contribution in [3.63, 3.8) is 0 Å². The lowest BCUT2D eigenvalue weighted by molar-refractivity contribution is -0.120. The fourth-order valence-corrected chi connectivity index (χ4v) is 3.93. The Labute approximate surface area is 218 Å². The summed E-state index contributed by atoms with van der Waals surface area (Å²) < 4.78 is 11.4. The third kappa shape index (κ3) is 8.25. The normalized spacial score (nSPS) is 10.7. The number of nitrogens with zero attached hydrogens (tertiary/aromatic N) is 3. The summed E-state index contributed by atoms with van der Waals surface area (Å²) >= 11 is 1.13. The summed E-state index contributed by atoms with van der Waals surface area (Å²) in [6.45, 7) is 2.82. The first kappa shape index (κ1) is 25.5. The van der Waals surface area contributed by atoms with E-state index in [4.69, 9.17) is 9.47 Å². The SMILES string of the molecule is Cc1cccc(OCCOc2cccc(C=NNC(=O)Cc3nnc(NC(=O)c4ccccc4)s3)c2)c1. The van der Waals surface area contributed by atoms with Gasteiger partial charge in [0.2, 0.25) is 11.0 Å². The van der Waals surface area contributed by atoms with Gasteiger partial charge in [-0.2, -0.15) is 5.10 Å². The van der Waals surface area contributed by atoms with Crippen molar-refractivity contribution in [1.82, 2.24) is 15.6 Å². The van der Waals surface area contributed by atoms with Crippen LogP contribution in [0.15, 0.2) is 84.0 Å². The molecule has 188 valence electrons. The number of anilines is 1. The van der Waals surface area contributed by atoms with E-state index in [1.165, 1.54) is 6.21 Å². The maximum Gasteiger partial charge on any atom is 0.257 e. The lowest BCUT2D eigenvalue weighted by Crippen LogP contribution is -2.19. The Morgan fingerprint density at radius 1 is 0.919 bits per heavy atom. The molecule has 0 saturated carbocycles. The van der Waals surface area contributed by atoms with Crippen LogP contribution in [0.25, 0.3) is 0 Å². The molecule has 0 bridgehead atoms. The van der Waals surface area contributed by atoms with Crippen molar-refractivity contribution < 1.29 is 19.1 Å². The molecule has 0 aliphatic heterocycles. The molecule has 9 nitrogen and oxygen atoms in total. The number of aromatic nitrogens is 2. The van der Waals surface area contributed by atoms with Gasteiger partial charge in [-0.25, -0.2) is 5.43 Å². The lowest BCUT2D eigenvalue weighted by atomic mass is 10.2. The van der Waals surface area contributed by atoms with Gasteiger partial charge in [0, 0.05) is 5.56 Å². The van der Waals surface area contributed by atoms with Crippen LogP contribution in [0.3, 0.4) is 0 Å². The van der Waals surface area contributed by atoms with Gasteiger partial charge in [0.1, 0.15) is 29.7 Å². The van der Waals surface area contributed by atoms with E-state index < -0.39 is 0 Å². The highest BCUT2D eigenvalue weighted by atomic mass is 32.1. The third-order valence-corrected chi connectivity index (χ3v) is 5.75. The van der Waals surface area contributed by atoms with E-state index in [9.17, 15) is 9.59 Å². The van der Waals surface area contributed by atoms with E-state index in [2.05, 4.69) is 26.0 Å². The Kier molecular flexibility index (Phi) is 8.92. The van der Waals surface area contributed by atoms with Crippen LogP contribution >= 0.6 is 11.3 Å². The Balaban J connectivity index is 1.20. The fourth-order valence-electron chi connectivity index (χ4n) is 3.20. The predicted molar refractivity (Wildman–Crippen MR) is 142 cm³/mol. The van der Waals surface area contributed by atoms with E-state index in [-0.39, 0.29) is 18.2 Å². The van der Waals surface area contributed by atoms with Crippen molar-refractivity contribution in [2.24, 2.45) is 5.10 Å². The molecule has 0 saturated heterocycles. The minimum absolute atomic E-state index is 0.0136. The number of carbonyl (C=O) groups excluding carboxylic acids is 2. The number of carbonyl (C=O) groups is 2. The Bertz CT molecular complexity index is 1370. The van der Waals surface area contributed by atoms with Crippen LogP contribution in [0.4, 0.5) is 5.13 Å². The molecule has 37 heavy (non-hydrogen) atoms. The summed E-state index contributed by atoms with van der Waals surface area (Å²) in [5.41, 5.74) is 4.88. The molecule has 1 heterocycles. The zero-order valence-corrected chi connectivity index (χ0v) is 20.9. The summed E-state index contributed by atoms with van der Waals surface area (Å²) in [6, 6.07) is 24.0. The molecule has 2 amide bonds. The molecular formula is C27H25N5O4S. The number of hydrogen-bond donors (Lipinski definition) is 2. The van der Waals surface area contributed by atoms with Gasteiger partial charge in [0.05, 0.1) is 12.6 Å². The first-order valence-corrected chi connectivity index (χ1v) is 12.3. The monoisotopic (exact) mass is 515 g/mol. The molecule has 0 aliphatic carbocycles. The molecule has 4 aromatic rings. The number of hydrogen-bond acceptors (Lipinski definition) is 8. The van der Waals surface area contributed by atoms with Crippen LogP contribution in [0.2, 0.25) is 0 Å². The minimum Gasteiger partial charge on any atom is -0.490 e. The van der Waals surface area contributed by atoms with Gasteiger partial charge < -0.3 is 9.47 Å².